The molecule has 0 fully saturated rings. The second-order valence-corrected chi connectivity index (χ2v) is 6.92. The van der Waals surface area contributed by atoms with Gasteiger partial charge in [0.25, 0.3) is 0 Å². The van der Waals surface area contributed by atoms with Crippen molar-refractivity contribution in [3.05, 3.63) is 0 Å². The fraction of sp³-hybridized carbons (Fsp3) is 0.952. The zero-order valence-corrected chi connectivity index (χ0v) is 17.4. The Kier molecular flexibility index (Phi) is 30.6. The first-order valence-corrected chi connectivity index (χ1v) is 10.7. The first-order chi connectivity index (χ1) is 11.8. The van der Waals surface area contributed by atoms with Gasteiger partial charge in [-0.15, -0.1) is 0 Å². The van der Waals surface area contributed by atoms with Gasteiger partial charge in [-0.25, -0.2) is 0 Å². The molecule has 1 rings (SSSR count). The van der Waals surface area contributed by atoms with Gasteiger partial charge in [-0.3, -0.25) is 14.4 Å². The third-order valence-corrected chi connectivity index (χ3v) is 4.51. The Bertz CT molecular complexity index is 277. The van der Waals surface area contributed by atoms with Crippen LogP contribution in [0.5, 0.6) is 0 Å². The maximum absolute atomic E-state index is 7.57. The minimum absolute atomic E-state index is 0. The molecule has 1 aliphatic heterocycles. The first-order valence-electron chi connectivity index (χ1n) is 10.7. The number of halogens is 2. The number of unbranched alkanes of at least 4 members (excludes halogenated alkanes) is 13. The van der Waals surface area contributed by atoms with E-state index in [1.54, 1.807) is 6.92 Å². The van der Waals surface area contributed by atoms with Crippen LogP contribution in [0.1, 0.15) is 110 Å². The largest absolute Gasteiger partial charge is 0.397 e. The maximum atomic E-state index is 7.57. The lowest BCUT2D eigenvalue weighted by molar-refractivity contribution is 0.318. The number of nitrogens with zero attached hydrogens (tertiary/aromatic N) is 1. The number of aliphatic imine (C=N–C) groups is 1. The number of hydrogen-bond acceptors (Lipinski definition) is 3. The van der Waals surface area contributed by atoms with Gasteiger partial charge in [-0.05, 0) is 13.3 Å². The minimum Gasteiger partial charge on any atom is -0.397 e. The predicted molar refractivity (Wildman–Crippen MR) is 113 cm³/mol. The van der Waals surface area contributed by atoms with Crippen LogP contribution in [0.25, 0.3) is 0 Å². The van der Waals surface area contributed by atoms with Crippen molar-refractivity contribution in [2.24, 2.45) is 4.99 Å². The standard InChI is InChI=1S/C19H38N2.C2H6O.2FH/c1-2-3-4-5-6-7-8-9-10-11-12-13-14-15-16-19-20-17-18-21-19;1-2-3;;/h2-18H2,1H3,(H,20,21);3H,2H2,1H3;2*1H. The number of amidine groups is 1. The molecular weight excluding hydrogens is 334 g/mol. The molecule has 0 unspecified atom stereocenters. The van der Waals surface area contributed by atoms with E-state index in [9.17, 15) is 0 Å². The quantitative estimate of drug-likeness (QED) is 0.334. The molecule has 0 aromatic heterocycles. The van der Waals surface area contributed by atoms with E-state index in [0.717, 1.165) is 13.1 Å². The molecule has 1 heterocycles. The molecule has 26 heavy (non-hydrogen) atoms. The van der Waals surface area contributed by atoms with Crippen molar-refractivity contribution in [1.82, 2.24) is 5.32 Å². The minimum atomic E-state index is 0. The Balaban J connectivity index is -0.000000986. The number of hydrogen-bond donors (Lipinski definition) is 2. The summed E-state index contributed by atoms with van der Waals surface area (Å²) in [4.78, 5) is 4.44. The number of aliphatic hydroxyl groups is 1. The van der Waals surface area contributed by atoms with E-state index in [0.29, 0.717) is 0 Å². The van der Waals surface area contributed by atoms with Crippen LogP contribution >= 0.6 is 0 Å². The molecule has 0 amide bonds. The molecular formula is C21H46F2N2O. The molecule has 0 aliphatic carbocycles. The van der Waals surface area contributed by atoms with Crippen molar-refractivity contribution in [2.45, 2.75) is 110 Å². The molecule has 0 saturated carbocycles. The van der Waals surface area contributed by atoms with Crippen LogP contribution in [0.4, 0.5) is 9.41 Å². The third-order valence-electron chi connectivity index (χ3n) is 4.51. The summed E-state index contributed by atoms with van der Waals surface area (Å²) >= 11 is 0. The number of nitrogens with one attached hydrogen (secondary N) is 1. The summed E-state index contributed by atoms with van der Waals surface area (Å²) in [6, 6.07) is 0. The van der Waals surface area contributed by atoms with Crippen molar-refractivity contribution in [3.8, 4) is 0 Å². The lowest BCUT2D eigenvalue weighted by Gasteiger charge is -2.04. The van der Waals surface area contributed by atoms with E-state index in [1.165, 1.54) is 102 Å². The SMILES string of the molecule is CCCCCCCCCCCCCCCCC1=NCCN1.CCO.F.F. The molecule has 0 aromatic carbocycles. The summed E-state index contributed by atoms with van der Waals surface area (Å²) in [7, 11) is 0. The first kappa shape index (κ1) is 30.0. The maximum Gasteiger partial charge on any atom is 0.0964 e. The highest BCUT2D eigenvalue weighted by Gasteiger charge is 2.03. The summed E-state index contributed by atoms with van der Waals surface area (Å²) in [6.45, 7) is 6.28. The van der Waals surface area contributed by atoms with Crippen LogP contribution in [0.15, 0.2) is 4.99 Å². The van der Waals surface area contributed by atoms with Gasteiger partial charge in [0.05, 0.1) is 12.4 Å². The highest BCUT2D eigenvalue weighted by atomic mass is 19.0. The highest BCUT2D eigenvalue weighted by Crippen LogP contribution is 2.13. The Morgan fingerprint density at radius 1 is 0.731 bits per heavy atom. The average molecular weight is 381 g/mol. The van der Waals surface area contributed by atoms with Gasteiger partial charge in [0.1, 0.15) is 0 Å². The zero-order valence-electron chi connectivity index (χ0n) is 17.4. The van der Waals surface area contributed by atoms with E-state index in [1.807, 2.05) is 0 Å². The monoisotopic (exact) mass is 380 g/mol. The van der Waals surface area contributed by atoms with Gasteiger partial charge in [0, 0.05) is 19.6 Å². The normalized spacial score (nSPS) is 12.2. The number of rotatable bonds is 15. The third kappa shape index (κ3) is 23.3. The second-order valence-electron chi connectivity index (χ2n) is 6.92. The van der Waals surface area contributed by atoms with Gasteiger partial charge in [-0.2, -0.15) is 0 Å². The Hall–Kier alpha value is -0.710. The van der Waals surface area contributed by atoms with E-state index < -0.39 is 0 Å². The zero-order chi connectivity index (χ0) is 17.7. The lowest BCUT2D eigenvalue weighted by atomic mass is 10.0. The summed E-state index contributed by atoms with van der Waals surface area (Å²) < 4.78 is 0. The lowest BCUT2D eigenvalue weighted by Crippen LogP contribution is -2.17. The van der Waals surface area contributed by atoms with E-state index in [2.05, 4.69) is 17.2 Å². The molecule has 0 radical (unpaired) electrons. The van der Waals surface area contributed by atoms with Gasteiger partial charge >= 0.3 is 0 Å². The summed E-state index contributed by atoms with van der Waals surface area (Å²) in [6.07, 6.45) is 21.3. The summed E-state index contributed by atoms with van der Waals surface area (Å²) in [5, 5.41) is 10.9. The number of aliphatic hydroxyl groups excluding tert-OH is 1. The van der Waals surface area contributed by atoms with Crippen molar-refractivity contribution in [2.75, 3.05) is 19.7 Å². The van der Waals surface area contributed by atoms with Crippen LogP contribution < -0.4 is 5.32 Å². The molecule has 2 N–H and O–H groups in total. The van der Waals surface area contributed by atoms with Crippen LogP contribution in [0.3, 0.4) is 0 Å². The molecule has 0 aromatic rings. The van der Waals surface area contributed by atoms with E-state index >= 15 is 0 Å². The van der Waals surface area contributed by atoms with Gasteiger partial charge in [0.15, 0.2) is 0 Å². The fourth-order valence-corrected chi connectivity index (χ4v) is 3.10. The molecule has 0 spiro atoms. The molecule has 5 heteroatoms. The van der Waals surface area contributed by atoms with Crippen molar-refractivity contribution in [3.63, 3.8) is 0 Å². The molecule has 0 atom stereocenters. The van der Waals surface area contributed by atoms with Crippen LogP contribution in [-0.4, -0.2) is 30.6 Å². The molecule has 1 aliphatic rings. The van der Waals surface area contributed by atoms with Crippen LogP contribution in [0, 0.1) is 0 Å². The smallest absolute Gasteiger partial charge is 0.0964 e. The van der Waals surface area contributed by atoms with Crippen molar-refractivity contribution in [1.29, 1.82) is 0 Å². The van der Waals surface area contributed by atoms with Gasteiger partial charge < -0.3 is 10.4 Å². The highest BCUT2D eigenvalue weighted by molar-refractivity contribution is 5.83. The Morgan fingerprint density at radius 3 is 1.46 bits per heavy atom. The predicted octanol–water partition coefficient (Wildman–Crippen LogP) is 6.16. The van der Waals surface area contributed by atoms with Crippen LogP contribution in [0.2, 0.25) is 0 Å². The van der Waals surface area contributed by atoms with Gasteiger partial charge in [0.2, 0.25) is 0 Å². The Morgan fingerprint density at radius 2 is 1.12 bits per heavy atom. The fourth-order valence-electron chi connectivity index (χ4n) is 3.10. The molecule has 160 valence electrons. The van der Waals surface area contributed by atoms with Gasteiger partial charge in [-0.1, -0.05) is 90.4 Å². The Labute approximate surface area is 161 Å². The second kappa shape index (κ2) is 26.5. The van der Waals surface area contributed by atoms with Crippen LogP contribution in [-0.2, 0) is 0 Å². The van der Waals surface area contributed by atoms with Crippen molar-refractivity contribution < 1.29 is 14.5 Å². The molecule has 0 saturated heterocycles. The topological polar surface area (TPSA) is 44.6 Å². The summed E-state index contributed by atoms with van der Waals surface area (Å²) in [5.74, 6) is 1.26. The molecule has 3 nitrogen and oxygen atoms in total. The molecule has 0 bridgehead atoms. The van der Waals surface area contributed by atoms with Crippen molar-refractivity contribution >= 4 is 5.84 Å². The summed E-state index contributed by atoms with van der Waals surface area (Å²) in [5.41, 5.74) is 0. The van der Waals surface area contributed by atoms with E-state index in [4.69, 9.17) is 5.11 Å². The average Bonchev–Trinajstić information content (AvgIpc) is 3.09. The van der Waals surface area contributed by atoms with E-state index in [-0.39, 0.29) is 16.0 Å².